The predicted octanol–water partition coefficient (Wildman–Crippen LogP) is 4.24. The summed E-state index contributed by atoms with van der Waals surface area (Å²) in [6, 6.07) is 12.7. The minimum Gasteiger partial charge on any atom is -0.492 e. The van der Waals surface area contributed by atoms with Crippen LogP contribution in [-0.4, -0.2) is 25.2 Å². The topological polar surface area (TPSA) is 47.6 Å². The van der Waals surface area contributed by atoms with E-state index in [-0.39, 0.29) is 11.9 Å². The molecule has 0 fully saturated rings. The molecule has 0 heterocycles. The number of nitrogens with one attached hydrogen (secondary N) is 1. The molecule has 0 aromatic heterocycles. The summed E-state index contributed by atoms with van der Waals surface area (Å²) in [7, 11) is 0. The molecular weight excluding hydrogens is 326 g/mol. The molecule has 2 rings (SSSR count). The lowest BCUT2D eigenvalue weighted by atomic mass is 10.2. The lowest BCUT2D eigenvalue weighted by molar-refractivity contribution is 0.0926. The highest BCUT2D eigenvalue weighted by atomic mass is 35.5. The standard InChI is InChI=1S/C19H22ClNO3/c1-4-23-18-10-7-15(11-17(18)20)19(22)21-14(3)12-24-16-8-5-13(2)6-9-16/h5-11,14H,4,12H2,1-3H3,(H,21,22)/t14-/m1/s1. The summed E-state index contributed by atoms with van der Waals surface area (Å²) in [5.74, 6) is 1.16. The highest BCUT2D eigenvalue weighted by Gasteiger charge is 2.12. The summed E-state index contributed by atoms with van der Waals surface area (Å²) in [5.41, 5.74) is 1.67. The minimum absolute atomic E-state index is 0.135. The highest BCUT2D eigenvalue weighted by Crippen LogP contribution is 2.25. The van der Waals surface area contributed by atoms with Crippen molar-refractivity contribution in [2.75, 3.05) is 13.2 Å². The van der Waals surface area contributed by atoms with Crippen molar-refractivity contribution in [3.05, 3.63) is 58.6 Å². The summed E-state index contributed by atoms with van der Waals surface area (Å²) < 4.78 is 11.0. The molecule has 2 aromatic carbocycles. The number of carbonyl (C=O) groups excluding carboxylic acids is 1. The number of aryl methyl sites for hydroxylation is 1. The van der Waals surface area contributed by atoms with E-state index < -0.39 is 0 Å². The van der Waals surface area contributed by atoms with Crippen LogP contribution in [0.4, 0.5) is 0 Å². The molecule has 0 saturated carbocycles. The monoisotopic (exact) mass is 347 g/mol. The first kappa shape index (κ1) is 18.1. The van der Waals surface area contributed by atoms with Gasteiger partial charge in [-0.2, -0.15) is 0 Å². The molecule has 0 spiro atoms. The molecule has 1 amide bonds. The van der Waals surface area contributed by atoms with Gasteiger partial charge in [0.15, 0.2) is 0 Å². The zero-order chi connectivity index (χ0) is 17.5. The Balaban J connectivity index is 1.89. The quantitative estimate of drug-likeness (QED) is 0.814. The first-order valence-corrected chi connectivity index (χ1v) is 8.30. The van der Waals surface area contributed by atoms with Gasteiger partial charge >= 0.3 is 0 Å². The Morgan fingerprint density at radius 2 is 1.88 bits per heavy atom. The fourth-order valence-corrected chi connectivity index (χ4v) is 2.35. The molecule has 24 heavy (non-hydrogen) atoms. The first-order valence-electron chi connectivity index (χ1n) is 7.92. The van der Waals surface area contributed by atoms with E-state index in [1.807, 2.05) is 45.0 Å². The van der Waals surface area contributed by atoms with E-state index in [0.717, 1.165) is 5.75 Å². The summed E-state index contributed by atoms with van der Waals surface area (Å²) in [6.45, 7) is 6.71. The maximum Gasteiger partial charge on any atom is 0.251 e. The number of rotatable bonds is 7. The van der Waals surface area contributed by atoms with E-state index >= 15 is 0 Å². The van der Waals surface area contributed by atoms with Crippen molar-refractivity contribution in [2.24, 2.45) is 0 Å². The van der Waals surface area contributed by atoms with E-state index in [4.69, 9.17) is 21.1 Å². The van der Waals surface area contributed by atoms with Crippen LogP contribution in [0.3, 0.4) is 0 Å². The number of amides is 1. The van der Waals surface area contributed by atoms with Gasteiger partial charge in [-0.3, -0.25) is 4.79 Å². The molecule has 0 saturated heterocycles. The summed E-state index contributed by atoms with van der Waals surface area (Å²) in [5, 5.41) is 3.32. The Morgan fingerprint density at radius 3 is 2.50 bits per heavy atom. The largest absolute Gasteiger partial charge is 0.492 e. The number of hydrogen-bond donors (Lipinski definition) is 1. The van der Waals surface area contributed by atoms with E-state index in [9.17, 15) is 4.79 Å². The van der Waals surface area contributed by atoms with Crippen molar-refractivity contribution in [2.45, 2.75) is 26.8 Å². The lowest BCUT2D eigenvalue weighted by Gasteiger charge is -2.15. The molecule has 1 N–H and O–H groups in total. The van der Waals surface area contributed by atoms with E-state index in [1.54, 1.807) is 18.2 Å². The second-order valence-corrected chi connectivity index (χ2v) is 5.98. The second-order valence-electron chi connectivity index (χ2n) is 5.58. The molecule has 5 heteroatoms. The number of carbonyl (C=O) groups is 1. The molecule has 0 unspecified atom stereocenters. The zero-order valence-corrected chi connectivity index (χ0v) is 14.9. The highest BCUT2D eigenvalue weighted by molar-refractivity contribution is 6.32. The summed E-state index contributed by atoms with van der Waals surface area (Å²) >= 11 is 6.11. The predicted molar refractivity (Wildman–Crippen MR) is 96.2 cm³/mol. The molecule has 0 aliphatic rings. The van der Waals surface area contributed by atoms with Gasteiger partial charge in [-0.05, 0) is 51.1 Å². The van der Waals surface area contributed by atoms with Gasteiger partial charge in [0, 0.05) is 5.56 Å². The smallest absolute Gasteiger partial charge is 0.251 e. The average Bonchev–Trinajstić information content (AvgIpc) is 2.56. The van der Waals surface area contributed by atoms with Crippen LogP contribution in [0, 0.1) is 6.92 Å². The molecule has 1 atom stereocenters. The van der Waals surface area contributed by atoms with Crippen LogP contribution in [0.2, 0.25) is 5.02 Å². The third-order valence-electron chi connectivity index (χ3n) is 3.39. The van der Waals surface area contributed by atoms with Crippen LogP contribution >= 0.6 is 11.6 Å². The maximum absolute atomic E-state index is 12.3. The Kier molecular flexibility index (Phi) is 6.50. The molecule has 2 aromatic rings. The van der Waals surface area contributed by atoms with Crippen molar-refractivity contribution >= 4 is 17.5 Å². The molecule has 0 radical (unpaired) electrons. The Bertz CT molecular complexity index is 686. The van der Waals surface area contributed by atoms with Crippen molar-refractivity contribution in [1.82, 2.24) is 5.32 Å². The number of ether oxygens (including phenoxy) is 2. The zero-order valence-electron chi connectivity index (χ0n) is 14.1. The molecular formula is C19H22ClNO3. The van der Waals surface area contributed by atoms with Gasteiger partial charge in [-0.15, -0.1) is 0 Å². The number of hydrogen-bond acceptors (Lipinski definition) is 3. The van der Waals surface area contributed by atoms with Crippen molar-refractivity contribution in [3.63, 3.8) is 0 Å². The minimum atomic E-state index is -0.194. The van der Waals surface area contributed by atoms with Gasteiger partial charge < -0.3 is 14.8 Å². The van der Waals surface area contributed by atoms with Gasteiger partial charge in [-0.1, -0.05) is 29.3 Å². The van der Waals surface area contributed by atoms with E-state index in [1.165, 1.54) is 5.56 Å². The van der Waals surface area contributed by atoms with Crippen LogP contribution in [0.1, 0.15) is 29.8 Å². The van der Waals surface area contributed by atoms with Crippen molar-refractivity contribution < 1.29 is 14.3 Å². The average molecular weight is 348 g/mol. The van der Waals surface area contributed by atoms with Gasteiger partial charge in [0.2, 0.25) is 0 Å². The van der Waals surface area contributed by atoms with Gasteiger partial charge in [0.1, 0.15) is 18.1 Å². The van der Waals surface area contributed by atoms with Crippen LogP contribution in [0.15, 0.2) is 42.5 Å². The molecule has 0 bridgehead atoms. The van der Waals surface area contributed by atoms with Crippen LogP contribution in [-0.2, 0) is 0 Å². The third kappa shape index (κ3) is 5.17. The summed E-state index contributed by atoms with van der Waals surface area (Å²) in [4.78, 5) is 12.3. The fraction of sp³-hybridized carbons (Fsp3) is 0.316. The van der Waals surface area contributed by atoms with Crippen LogP contribution in [0.5, 0.6) is 11.5 Å². The lowest BCUT2D eigenvalue weighted by Crippen LogP contribution is -2.36. The van der Waals surface area contributed by atoms with Crippen LogP contribution in [0.25, 0.3) is 0 Å². The Hall–Kier alpha value is -2.20. The maximum atomic E-state index is 12.3. The van der Waals surface area contributed by atoms with Crippen molar-refractivity contribution in [1.29, 1.82) is 0 Å². The van der Waals surface area contributed by atoms with Crippen LogP contribution < -0.4 is 14.8 Å². The molecule has 0 aliphatic carbocycles. The molecule has 128 valence electrons. The Labute approximate surface area is 147 Å². The van der Waals surface area contributed by atoms with E-state index in [0.29, 0.717) is 29.5 Å². The molecule has 0 aliphatic heterocycles. The second kappa shape index (κ2) is 8.60. The fourth-order valence-electron chi connectivity index (χ4n) is 2.12. The van der Waals surface area contributed by atoms with Gasteiger partial charge in [0.05, 0.1) is 17.7 Å². The van der Waals surface area contributed by atoms with E-state index in [2.05, 4.69) is 5.32 Å². The number of benzene rings is 2. The van der Waals surface area contributed by atoms with Gasteiger partial charge in [-0.25, -0.2) is 0 Å². The SMILES string of the molecule is CCOc1ccc(C(=O)N[C@H](C)COc2ccc(C)cc2)cc1Cl. The first-order chi connectivity index (χ1) is 11.5. The third-order valence-corrected chi connectivity index (χ3v) is 3.69. The Morgan fingerprint density at radius 1 is 1.17 bits per heavy atom. The number of halogens is 1. The summed E-state index contributed by atoms with van der Waals surface area (Å²) in [6.07, 6.45) is 0. The van der Waals surface area contributed by atoms with Gasteiger partial charge in [0.25, 0.3) is 5.91 Å². The molecule has 4 nitrogen and oxygen atoms in total. The van der Waals surface area contributed by atoms with Crippen molar-refractivity contribution in [3.8, 4) is 11.5 Å². The normalized spacial score (nSPS) is 11.7.